The monoisotopic (exact) mass is 395 g/mol. The summed E-state index contributed by atoms with van der Waals surface area (Å²) in [5, 5.41) is 3.08. The highest BCUT2D eigenvalue weighted by Gasteiger charge is 2.30. The SMILES string of the molecule is CCc1ccc(C(CNC(=O)C2CCN(S(=O)(=O)CC)CC2)N(C)C)cc1. The molecule has 1 heterocycles. The third-order valence-electron chi connectivity index (χ3n) is 5.45. The van der Waals surface area contributed by atoms with Gasteiger partial charge in [0.1, 0.15) is 0 Å². The molecule has 1 aliphatic rings. The molecule has 0 bridgehead atoms. The second kappa shape index (κ2) is 9.66. The lowest BCUT2D eigenvalue weighted by molar-refractivity contribution is -0.126. The van der Waals surface area contributed by atoms with Crippen molar-refractivity contribution >= 4 is 15.9 Å². The molecule has 7 heteroatoms. The summed E-state index contributed by atoms with van der Waals surface area (Å²) in [7, 11) is 0.871. The number of hydrogen-bond donors (Lipinski definition) is 1. The van der Waals surface area contributed by atoms with Crippen molar-refractivity contribution < 1.29 is 13.2 Å². The number of carbonyl (C=O) groups is 1. The van der Waals surface area contributed by atoms with E-state index in [1.165, 1.54) is 15.4 Å². The van der Waals surface area contributed by atoms with E-state index in [0.717, 1.165) is 6.42 Å². The minimum Gasteiger partial charge on any atom is -0.354 e. The van der Waals surface area contributed by atoms with Crippen molar-refractivity contribution in [3.05, 3.63) is 35.4 Å². The van der Waals surface area contributed by atoms with Crippen LogP contribution in [0.2, 0.25) is 0 Å². The maximum absolute atomic E-state index is 12.6. The van der Waals surface area contributed by atoms with Crippen molar-refractivity contribution in [3.8, 4) is 0 Å². The van der Waals surface area contributed by atoms with E-state index in [4.69, 9.17) is 0 Å². The molecule has 0 spiro atoms. The molecule has 0 radical (unpaired) electrons. The fourth-order valence-electron chi connectivity index (χ4n) is 3.49. The Labute approximate surface area is 164 Å². The van der Waals surface area contributed by atoms with Crippen LogP contribution >= 0.6 is 0 Å². The van der Waals surface area contributed by atoms with Crippen molar-refractivity contribution in [2.45, 2.75) is 39.2 Å². The molecule has 1 fully saturated rings. The molecule has 1 aromatic carbocycles. The van der Waals surface area contributed by atoms with E-state index in [1.54, 1.807) is 6.92 Å². The molecule has 1 amide bonds. The molecule has 27 heavy (non-hydrogen) atoms. The first-order valence-corrected chi connectivity index (χ1v) is 11.4. The van der Waals surface area contributed by atoms with Crippen LogP contribution in [0.4, 0.5) is 0 Å². The highest BCUT2D eigenvalue weighted by molar-refractivity contribution is 7.89. The van der Waals surface area contributed by atoms with Gasteiger partial charge >= 0.3 is 0 Å². The highest BCUT2D eigenvalue weighted by Crippen LogP contribution is 2.22. The van der Waals surface area contributed by atoms with Crippen LogP contribution in [-0.2, 0) is 21.2 Å². The minimum absolute atomic E-state index is 0.0283. The zero-order valence-corrected chi connectivity index (χ0v) is 17.8. The number of aryl methyl sites for hydroxylation is 1. The zero-order valence-electron chi connectivity index (χ0n) is 16.9. The summed E-state index contributed by atoms with van der Waals surface area (Å²) < 4.78 is 25.4. The van der Waals surface area contributed by atoms with Gasteiger partial charge in [0.25, 0.3) is 0 Å². The van der Waals surface area contributed by atoms with Crippen LogP contribution in [0, 0.1) is 5.92 Å². The van der Waals surface area contributed by atoms with Crippen molar-refractivity contribution in [2.24, 2.45) is 5.92 Å². The second-order valence-electron chi connectivity index (χ2n) is 7.39. The van der Waals surface area contributed by atoms with Gasteiger partial charge in [0.05, 0.1) is 11.8 Å². The summed E-state index contributed by atoms with van der Waals surface area (Å²) in [6.45, 7) is 5.21. The van der Waals surface area contributed by atoms with Gasteiger partial charge in [0.2, 0.25) is 15.9 Å². The van der Waals surface area contributed by atoms with Gasteiger partial charge in [-0.2, -0.15) is 0 Å². The normalized spacial score (nSPS) is 17.8. The molecule has 0 aliphatic carbocycles. The van der Waals surface area contributed by atoms with Gasteiger partial charge < -0.3 is 10.2 Å². The Hall–Kier alpha value is -1.44. The molecule has 0 aromatic heterocycles. The molecule has 2 rings (SSSR count). The van der Waals surface area contributed by atoms with E-state index in [9.17, 15) is 13.2 Å². The number of rotatable bonds is 8. The number of hydrogen-bond acceptors (Lipinski definition) is 4. The fourth-order valence-corrected chi connectivity index (χ4v) is 4.63. The summed E-state index contributed by atoms with van der Waals surface area (Å²) in [6.07, 6.45) is 2.18. The Bertz CT molecular complexity index is 708. The van der Waals surface area contributed by atoms with Crippen LogP contribution in [0.15, 0.2) is 24.3 Å². The molecule has 152 valence electrons. The number of nitrogens with zero attached hydrogens (tertiary/aromatic N) is 2. The molecule has 1 aliphatic heterocycles. The van der Waals surface area contributed by atoms with Gasteiger partial charge in [-0.25, -0.2) is 12.7 Å². The largest absolute Gasteiger partial charge is 0.354 e. The van der Waals surface area contributed by atoms with E-state index >= 15 is 0 Å². The molecule has 1 atom stereocenters. The molecule has 6 nitrogen and oxygen atoms in total. The predicted octanol–water partition coefficient (Wildman–Crippen LogP) is 2.03. The van der Waals surface area contributed by atoms with Crippen LogP contribution in [0.3, 0.4) is 0 Å². The summed E-state index contributed by atoms with van der Waals surface area (Å²) in [6, 6.07) is 8.64. The number of likely N-dealkylation sites (N-methyl/N-ethyl adjacent to an activating group) is 1. The smallest absolute Gasteiger partial charge is 0.223 e. The Morgan fingerprint density at radius 2 is 1.78 bits per heavy atom. The number of carbonyl (C=O) groups excluding carboxylic acids is 1. The van der Waals surface area contributed by atoms with Crippen LogP contribution in [0.1, 0.15) is 43.9 Å². The summed E-state index contributed by atoms with van der Waals surface area (Å²) in [5.41, 5.74) is 2.48. The first kappa shape index (κ1) is 21.9. The van der Waals surface area contributed by atoms with Crippen LogP contribution < -0.4 is 5.32 Å². The molecule has 1 unspecified atom stereocenters. The molecular weight excluding hydrogens is 362 g/mol. The van der Waals surface area contributed by atoms with Gasteiger partial charge in [0.15, 0.2) is 0 Å². The lowest BCUT2D eigenvalue weighted by Gasteiger charge is -2.31. The maximum atomic E-state index is 12.6. The van der Waals surface area contributed by atoms with Gasteiger partial charge in [-0.05, 0) is 51.4 Å². The topological polar surface area (TPSA) is 69.7 Å². The maximum Gasteiger partial charge on any atom is 0.223 e. The average Bonchev–Trinajstić information content (AvgIpc) is 2.68. The Morgan fingerprint density at radius 1 is 1.19 bits per heavy atom. The van der Waals surface area contributed by atoms with Gasteiger partial charge in [-0.1, -0.05) is 31.2 Å². The minimum atomic E-state index is -3.15. The van der Waals surface area contributed by atoms with Crippen molar-refractivity contribution in [1.82, 2.24) is 14.5 Å². The number of nitrogens with one attached hydrogen (secondary N) is 1. The molecule has 0 saturated carbocycles. The standard InChI is InChI=1S/C20H33N3O3S/c1-5-16-7-9-17(10-8-16)19(22(3)4)15-21-20(24)18-11-13-23(14-12-18)27(25,26)6-2/h7-10,18-19H,5-6,11-15H2,1-4H3,(H,21,24). The predicted molar refractivity (Wildman–Crippen MR) is 109 cm³/mol. The zero-order chi connectivity index (χ0) is 20.0. The Balaban J connectivity index is 1.91. The first-order chi connectivity index (χ1) is 12.8. The Morgan fingerprint density at radius 3 is 2.26 bits per heavy atom. The third kappa shape index (κ3) is 5.77. The van der Waals surface area contributed by atoms with Crippen LogP contribution in [0.5, 0.6) is 0 Å². The quantitative estimate of drug-likeness (QED) is 0.731. The first-order valence-electron chi connectivity index (χ1n) is 9.79. The second-order valence-corrected chi connectivity index (χ2v) is 9.65. The number of piperidine rings is 1. The van der Waals surface area contributed by atoms with Crippen molar-refractivity contribution in [2.75, 3.05) is 39.5 Å². The van der Waals surface area contributed by atoms with Gasteiger partial charge in [0, 0.05) is 25.6 Å². The average molecular weight is 396 g/mol. The molecule has 1 saturated heterocycles. The van der Waals surface area contributed by atoms with Crippen LogP contribution in [0.25, 0.3) is 0 Å². The van der Waals surface area contributed by atoms with E-state index in [1.807, 2.05) is 14.1 Å². The number of amides is 1. The summed E-state index contributed by atoms with van der Waals surface area (Å²) in [4.78, 5) is 14.7. The third-order valence-corrected chi connectivity index (χ3v) is 7.33. The number of benzene rings is 1. The van der Waals surface area contributed by atoms with Gasteiger partial charge in [-0.15, -0.1) is 0 Å². The van der Waals surface area contributed by atoms with E-state index in [-0.39, 0.29) is 23.6 Å². The van der Waals surface area contributed by atoms with E-state index in [2.05, 4.69) is 41.4 Å². The fraction of sp³-hybridized carbons (Fsp3) is 0.650. The van der Waals surface area contributed by atoms with Crippen molar-refractivity contribution in [3.63, 3.8) is 0 Å². The summed E-state index contributed by atoms with van der Waals surface area (Å²) in [5.74, 6) is 0.0322. The summed E-state index contributed by atoms with van der Waals surface area (Å²) >= 11 is 0. The van der Waals surface area contributed by atoms with E-state index < -0.39 is 10.0 Å². The lowest BCUT2D eigenvalue weighted by Crippen LogP contribution is -2.44. The van der Waals surface area contributed by atoms with Crippen molar-refractivity contribution in [1.29, 1.82) is 0 Å². The van der Waals surface area contributed by atoms with E-state index in [0.29, 0.717) is 32.5 Å². The number of sulfonamides is 1. The molecule has 1 N–H and O–H groups in total. The highest BCUT2D eigenvalue weighted by atomic mass is 32.2. The lowest BCUT2D eigenvalue weighted by atomic mass is 9.96. The molecular formula is C20H33N3O3S. The van der Waals surface area contributed by atoms with Crippen LogP contribution in [-0.4, -0.2) is 63.0 Å². The van der Waals surface area contributed by atoms with Gasteiger partial charge in [-0.3, -0.25) is 4.79 Å². The Kier molecular flexibility index (Phi) is 7.82. The molecule has 1 aromatic rings.